The lowest BCUT2D eigenvalue weighted by Crippen LogP contribution is -2.39. The minimum absolute atomic E-state index is 0.140. The van der Waals surface area contributed by atoms with Crippen molar-refractivity contribution in [3.63, 3.8) is 0 Å². The van der Waals surface area contributed by atoms with Crippen molar-refractivity contribution in [1.29, 1.82) is 0 Å². The van der Waals surface area contributed by atoms with E-state index < -0.39 is 0 Å². The van der Waals surface area contributed by atoms with Gasteiger partial charge in [0.25, 0.3) is 0 Å². The molecule has 90 valence electrons. The SMILES string of the molecule is OCC1(Nc2cccc3nccn23)CCCC1. The molecule has 1 fully saturated rings. The highest BCUT2D eigenvalue weighted by atomic mass is 16.3. The number of anilines is 1. The molecule has 0 radical (unpaired) electrons. The van der Waals surface area contributed by atoms with Gasteiger partial charge in [-0.25, -0.2) is 4.98 Å². The van der Waals surface area contributed by atoms with Crippen LogP contribution in [0.5, 0.6) is 0 Å². The molecule has 0 atom stereocenters. The molecule has 1 aliphatic carbocycles. The fourth-order valence-electron chi connectivity index (χ4n) is 2.70. The van der Waals surface area contributed by atoms with Crippen molar-refractivity contribution >= 4 is 11.5 Å². The topological polar surface area (TPSA) is 49.6 Å². The number of aromatic nitrogens is 2. The predicted molar refractivity (Wildman–Crippen MR) is 67.1 cm³/mol. The molecule has 0 aromatic carbocycles. The van der Waals surface area contributed by atoms with Crippen LogP contribution in [0.25, 0.3) is 5.65 Å². The van der Waals surface area contributed by atoms with Gasteiger partial charge in [-0.1, -0.05) is 18.9 Å². The molecule has 0 saturated heterocycles. The highest BCUT2D eigenvalue weighted by Crippen LogP contribution is 2.32. The van der Waals surface area contributed by atoms with E-state index in [1.54, 1.807) is 6.20 Å². The van der Waals surface area contributed by atoms with Gasteiger partial charge >= 0.3 is 0 Å². The van der Waals surface area contributed by atoms with Crippen LogP contribution in [0.1, 0.15) is 25.7 Å². The van der Waals surface area contributed by atoms with E-state index in [4.69, 9.17) is 0 Å². The monoisotopic (exact) mass is 231 g/mol. The number of fused-ring (bicyclic) bond motifs is 1. The summed E-state index contributed by atoms with van der Waals surface area (Å²) in [5.74, 6) is 1.01. The summed E-state index contributed by atoms with van der Waals surface area (Å²) in [4.78, 5) is 4.26. The molecule has 17 heavy (non-hydrogen) atoms. The van der Waals surface area contributed by atoms with Gasteiger partial charge in [-0.05, 0) is 25.0 Å². The maximum Gasteiger partial charge on any atom is 0.138 e. The summed E-state index contributed by atoms with van der Waals surface area (Å²) in [7, 11) is 0. The molecular formula is C13H17N3O. The molecule has 2 N–H and O–H groups in total. The molecule has 2 aromatic heterocycles. The van der Waals surface area contributed by atoms with E-state index in [1.165, 1.54) is 12.8 Å². The van der Waals surface area contributed by atoms with Crippen molar-refractivity contribution in [2.75, 3.05) is 11.9 Å². The summed E-state index contributed by atoms with van der Waals surface area (Å²) in [6.07, 6.45) is 8.18. The van der Waals surface area contributed by atoms with Crippen LogP contribution in [-0.4, -0.2) is 26.6 Å². The number of pyridine rings is 1. The molecule has 0 amide bonds. The van der Waals surface area contributed by atoms with E-state index in [-0.39, 0.29) is 12.1 Å². The molecular weight excluding hydrogens is 214 g/mol. The summed E-state index contributed by atoms with van der Waals surface area (Å²) in [5.41, 5.74) is 0.791. The van der Waals surface area contributed by atoms with Crippen molar-refractivity contribution in [3.05, 3.63) is 30.6 Å². The van der Waals surface area contributed by atoms with E-state index >= 15 is 0 Å². The van der Waals surface area contributed by atoms with Crippen molar-refractivity contribution < 1.29 is 5.11 Å². The van der Waals surface area contributed by atoms with Crippen LogP contribution in [-0.2, 0) is 0 Å². The van der Waals surface area contributed by atoms with Crippen LogP contribution >= 0.6 is 0 Å². The summed E-state index contributed by atoms with van der Waals surface area (Å²) in [6.45, 7) is 0.193. The Morgan fingerprint density at radius 1 is 1.35 bits per heavy atom. The summed E-state index contributed by atoms with van der Waals surface area (Å²) in [5, 5.41) is 13.1. The Kier molecular flexibility index (Phi) is 2.52. The first-order valence-corrected chi connectivity index (χ1v) is 6.14. The van der Waals surface area contributed by atoms with Crippen LogP contribution in [0.15, 0.2) is 30.6 Å². The predicted octanol–water partition coefficient (Wildman–Crippen LogP) is 2.05. The van der Waals surface area contributed by atoms with E-state index in [9.17, 15) is 5.11 Å². The molecule has 1 aliphatic rings. The second-order valence-corrected chi connectivity index (χ2v) is 4.84. The fraction of sp³-hybridized carbons (Fsp3) is 0.462. The van der Waals surface area contributed by atoms with Gasteiger partial charge in [0.1, 0.15) is 11.5 Å². The first-order chi connectivity index (χ1) is 8.33. The highest BCUT2D eigenvalue weighted by Gasteiger charge is 2.33. The molecule has 2 aromatic rings. The van der Waals surface area contributed by atoms with Crippen LogP contribution < -0.4 is 5.32 Å². The van der Waals surface area contributed by atoms with Gasteiger partial charge in [0.2, 0.25) is 0 Å². The van der Waals surface area contributed by atoms with Crippen molar-refractivity contribution in [3.8, 4) is 0 Å². The number of hydrogen-bond donors (Lipinski definition) is 2. The van der Waals surface area contributed by atoms with Crippen molar-refractivity contribution in [2.45, 2.75) is 31.2 Å². The summed E-state index contributed by atoms with van der Waals surface area (Å²) < 4.78 is 2.02. The van der Waals surface area contributed by atoms with Gasteiger partial charge in [0, 0.05) is 12.4 Å². The Bertz CT molecular complexity index is 514. The third-order valence-electron chi connectivity index (χ3n) is 3.68. The minimum atomic E-state index is -0.140. The second kappa shape index (κ2) is 4.04. The maximum absolute atomic E-state index is 9.61. The minimum Gasteiger partial charge on any atom is -0.394 e. The van der Waals surface area contributed by atoms with Crippen LogP contribution in [0.2, 0.25) is 0 Å². The first-order valence-electron chi connectivity index (χ1n) is 6.14. The highest BCUT2D eigenvalue weighted by molar-refractivity contribution is 5.51. The summed E-state index contributed by atoms with van der Waals surface area (Å²) in [6, 6.07) is 6.00. The lowest BCUT2D eigenvalue weighted by atomic mass is 9.99. The average Bonchev–Trinajstić information content (AvgIpc) is 2.98. The molecule has 0 unspecified atom stereocenters. The Morgan fingerprint density at radius 3 is 2.94 bits per heavy atom. The van der Waals surface area contributed by atoms with Gasteiger partial charge in [-0.3, -0.25) is 4.40 Å². The van der Waals surface area contributed by atoms with E-state index in [0.29, 0.717) is 0 Å². The number of nitrogens with one attached hydrogen (secondary N) is 1. The molecule has 2 heterocycles. The van der Waals surface area contributed by atoms with E-state index in [2.05, 4.69) is 10.3 Å². The lowest BCUT2D eigenvalue weighted by molar-refractivity contribution is 0.213. The zero-order valence-corrected chi connectivity index (χ0v) is 9.76. The van der Waals surface area contributed by atoms with Gasteiger partial charge in [-0.2, -0.15) is 0 Å². The Balaban J connectivity index is 1.96. The van der Waals surface area contributed by atoms with Crippen LogP contribution in [0.4, 0.5) is 5.82 Å². The molecule has 0 bridgehead atoms. The van der Waals surface area contributed by atoms with E-state index in [1.807, 2.05) is 28.8 Å². The molecule has 1 saturated carbocycles. The van der Waals surface area contributed by atoms with Gasteiger partial charge in [-0.15, -0.1) is 0 Å². The van der Waals surface area contributed by atoms with E-state index in [0.717, 1.165) is 24.3 Å². The standard InChI is InChI=1S/C13H17N3O/c17-10-13(6-1-2-7-13)15-12-5-3-4-11-14-8-9-16(11)12/h3-5,8-9,15,17H,1-2,6-7,10H2. The second-order valence-electron chi connectivity index (χ2n) is 4.84. The largest absolute Gasteiger partial charge is 0.394 e. The number of hydrogen-bond acceptors (Lipinski definition) is 3. The Labute approximate surface area is 100 Å². The number of imidazole rings is 1. The number of aliphatic hydroxyl groups is 1. The Morgan fingerprint density at radius 2 is 2.18 bits per heavy atom. The quantitative estimate of drug-likeness (QED) is 0.850. The zero-order chi connectivity index (χ0) is 11.7. The van der Waals surface area contributed by atoms with Crippen molar-refractivity contribution in [1.82, 2.24) is 9.38 Å². The summed E-state index contributed by atoms with van der Waals surface area (Å²) >= 11 is 0. The lowest BCUT2D eigenvalue weighted by Gasteiger charge is -2.29. The maximum atomic E-state index is 9.61. The number of rotatable bonds is 3. The molecule has 4 heteroatoms. The number of aliphatic hydroxyl groups excluding tert-OH is 1. The number of nitrogens with zero attached hydrogens (tertiary/aromatic N) is 2. The van der Waals surface area contributed by atoms with Gasteiger partial charge in [0.05, 0.1) is 12.1 Å². The molecule has 0 spiro atoms. The van der Waals surface area contributed by atoms with Crippen LogP contribution in [0, 0.1) is 0 Å². The molecule has 0 aliphatic heterocycles. The van der Waals surface area contributed by atoms with Crippen LogP contribution in [0.3, 0.4) is 0 Å². The smallest absolute Gasteiger partial charge is 0.138 e. The van der Waals surface area contributed by atoms with Gasteiger partial charge in [0.15, 0.2) is 0 Å². The zero-order valence-electron chi connectivity index (χ0n) is 9.76. The fourth-order valence-corrected chi connectivity index (χ4v) is 2.70. The third kappa shape index (κ3) is 1.78. The Hall–Kier alpha value is -1.55. The third-order valence-corrected chi connectivity index (χ3v) is 3.68. The van der Waals surface area contributed by atoms with Crippen molar-refractivity contribution in [2.24, 2.45) is 0 Å². The first kappa shape index (κ1) is 10.6. The van der Waals surface area contributed by atoms with Gasteiger partial charge < -0.3 is 10.4 Å². The normalized spacial score (nSPS) is 18.6. The average molecular weight is 231 g/mol. The molecule has 3 rings (SSSR count). The molecule has 4 nitrogen and oxygen atoms in total.